The average molecular weight is 970 g/mol. The molecule has 0 bridgehead atoms. The van der Waals surface area contributed by atoms with Crippen molar-refractivity contribution in [3.63, 3.8) is 0 Å². The van der Waals surface area contributed by atoms with Gasteiger partial charge in [-0.3, -0.25) is 13.7 Å². The highest BCUT2D eigenvalue weighted by Crippen LogP contribution is 2.55. The molecule has 0 fully saturated rings. The zero-order valence-electron chi connectivity index (χ0n) is 36.8. The molecule has 344 valence electrons. The van der Waals surface area contributed by atoms with Gasteiger partial charge < -0.3 is 14.7 Å². The Bertz CT molecular complexity index is 4130. The van der Waals surface area contributed by atoms with Gasteiger partial charge >= 0.3 is 5.97 Å². The van der Waals surface area contributed by atoms with Crippen LogP contribution in [-0.2, 0) is 47.7 Å². The SMILES string of the molecule is CC1(C)CN(Cc2ccc(C(=O)O)cc2)c2c1c1c(c3cc4ccc(S(=O)(=O)O)cc4cc23)C=c2c(c3c(c4cc5cc(S(=O)(=O)O)ccc5cc24)=[N+](c2ccc(S(=O)(=O)O)cc2)CC3(C)C)O1. The molecule has 11 rings (SSSR count). The molecule has 0 saturated carbocycles. The maximum Gasteiger partial charge on any atom is 0.335 e. The minimum absolute atomic E-state index is 0.159. The van der Waals surface area contributed by atoms with E-state index in [9.17, 15) is 48.8 Å². The molecule has 0 aliphatic carbocycles. The van der Waals surface area contributed by atoms with Gasteiger partial charge in [0.1, 0.15) is 11.5 Å². The number of nitrogens with zero attached hydrogens (tertiary/aromatic N) is 2. The fourth-order valence-electron chi connectivity index (χ4n) is 10.6. The molecule has 17 heteroatoms. The molecule has 0 unspecified atom stereocenters. The summed E-state index contributed by atoms with van der Waals surface area (Å²) >= 11 is 0. The van der Waals surface area contributed by atoms with Crippen molar-refractivity contribution in [3.8, 4) is 11.5 Å². The van der Waals surface area contributed by atoms with Gasteiger partial charge in [-0.2, -0.15) is 29.8 Å². The first-order chi connectivity index (χ1) is 31.9. The number of benzene rings is 8. The summed E-state index contributed by atoms with van der Waals surface area (Å²) in [6.45, 7) is 9.76. The Hall–Kier alpha value is -6.73. The molecule has 3 aliphatic rings. The maximum atomic E-state index is 12.4. The largest absolute Gasteiger partial charge is 0.478 e. The van der Waals surface area contributed by atoms with E-state index in [2.05, 4.69) is 43.2 Å². The van der Waals surface area contributed by atoms with E-state index in [-0.39, 0.29) is 20.2 Å². The number of rotatable bonds is 7. The van der Waals surface area contributed by atoms with Crippen molar-refractivity contribution < 1.29 is 53.5 Å². The van der Waals surface area contributed by atoms with Crippen LogP contribution >= 0.6 is 0 Å². The van der Waals surface area contributed by atoms with Crippen LogP contribution in [0.3, 0.4) is 0 Å². The van der Waals surface area contributed by atoms with E-state index in [1.54, 1.807) is 48.5 Å². The smallest absolute Gasteiger partial charge is 0.335 e. The molecular formula is C51H41N2O12S3+. The van der Waals surface area contributed by atoms with Crippen molar-refractivity contribution in [2.75, 3.05) is 18.0 Å². The topological polar surface area (TPSA) is 216 Å². The van der Waals surface area contributed by atoms with Crippen molar-refractivity contribution in [2.45, 2.75) is 59.8 Å². The Morgan fingerprint density at radius 3 is 1.74 bits per heavy atom. The minimum atomic E-state index is -4.56. The highest BCUT2D eigenvalue weighted by molar-refractivity contribution is 7.86. The van der Waals surface area contributed by atoms with E-state index in [4.69, 9.17) is 4.74 Å². The van der Waals surface area contributed by atoms with Gasteiger partial charge in [0.05, 0.1) is 42.3 Å². The summed E-state index contributed by atoms with van der Waals surface area (Å²) in [7, 11) is -13.6. The summed E-state index contributed by atoms with van der Waals surface area (Å²) in [6, 6.07) is 29.2. The lowest BCUT2D eigenvalue weighted by atomic mass is 9.80. The average Bonchev–Trinajstić information content (AvgIpc) is 3.71. The zero-order valence-corrected chi connectivity index (χ0v) is 39.2. The van der Waals surface area contributed by atoms with Gasteiger partial charge in [-0.15, -0.1) is 0 Å². The monoisotopic (exact) mass is 969 g/mol. The van der Waals surface area contributed by atoms with Gasteiger partial charge in [0.25, 0.3) is 30.4 Å². The van der Waals surface area contributed by atoms with Gasteiger partial charge in [0, 0.05) is 52.4 Å². The second-order valence-corrected chi connectivity index (χ2v) is 23.4. The molecule has 8 aromatic rings. The van der Waals surface area contributed by atoms with Crippen molar-refractivity contribution >= 4 is 96.9 Å². The number of carboxylic acid groups (broad SMARTS) is 1. The van der Waals surface area contributed by atoms with Gasteiger partial charge in [-0.25, -0.2) is 4.79 Å². The summed E-state index contributed by atoms with van der Waals surface area (Å²) in [5, 5.41) is 16.7. The van der Waals surface area contributed by atoms with Crippen LogP contribution in [0, 0.1) is 0 Å². The van der Waals surface area contributed by atoms with Gasteiger partial charge in [0.15, 0.2) is 6.54 Å². The molecule has 3 aliphatic heterocycles. The van der Waals surface area contributed by atoms with Gasteiger partial charge in [-0.1, -0.05) is 38.1 Å². The van der Waals surface area contributed by atoms with E-state index >= 15 is 0 Å². The first-order valence-corrected chi connectivity index (χ1v) is 25.8. The fourth-order valence-corrected chi connectivity index (χ4v) is 12.1. The Labute approximate surface area is 389 Å². The minimum Gasteiger partial charge on any atom is -0.478 e. The van der Waals surface area contributed by atoms with Crippen LogP contribution < -0.4 is 24.8 Å². The summed E-state index contributed by atoms with van der Waals surface area (Å²) in [5.41, 5.74) is 3.81. The highest BCUT2D eigenvalue weighted by Gasteiger charge is 2.46. The van der Waals surface area contributed by atoms with Crippen molar-refractivity contribution in [3.05, 3.63) is 148 Å². The lowest BCUT2D eigenvalue weighted by Crippen LogP contribution is -2.30. The normalized spacial score (nSPS) is 16.1. The number of hydrogen-bond donors (Lipinski definition) is 4. The summed E-state index contributed by atoms with van der Waals surface area (Å²) < 4.78 is 113. The van der Waals surface area contributed by atoms with Crippen molar-refractivity contribution in [1.29, 1.82) is 0 Å². The number of carboxylic acids is 1. The summed E-state index contributed by atoms with van der Waals surface area (Å²) in [4.78, 5) is 13.2. The molecule has 4 N–H and O–H groups in total. The van der Waals surface area contributed by atoms with E-state index < -0.39 is 47.2 Å². The number of anilines is 1. The second kappa shape index (κ2) is 14.4. The van der Waals surface area contributed by atoms with Crippen LogP contribution in [-0.4, -0.2) is 63.1 Å². The third-order valence-corrected chi connectivity index (χ3v) is 16.2. The summed E-state index contributed by atoms with van der Waals surface area (Å²) in [6.07, 6.45) is 2.11. The number of aromatic carboxylic acids is 1. The first-order valence-electron chi connectivity index (χ1n) is 21.4. The molecule has 0 radical (unpaired) electrons. The van der Waals surface area contributed by atoms with Crippen LogP contribution in [0.25, 0.3) is 49.2 Å². The Morgan fingerprint density at radius 2 is 1.16 bits per heavy atom. The van der Waals surface area contributed by atoms with Crippen LogP contribution in [0.15, 0.2) is 124 Å². The van der Waals surface area contributed by atoms with Crippen LogP contribution in [0.2, 0.25) is 0 Å². The molecule has 68 heavy (non-hydrogen) atoms. The Kier molecular flexibility index (Phi) is 9.28. The number of fused-ring (bicyclic) bond motifs is 14. The third kappa shape index (κ3) is 6.86. The predicted molar refractivity (Wildman–Crippen MR) is 258 cm³/mol. The van der Waals surface area contributed by atoms with Crippen LogP contribution in [0.1, 0.15) is 60.3 Å². The van der Waals surface area contributed by atoms with Gasteiger partial charge in [-0.05, 0) is 131 Å². The zero-order chi connectivity index (χ0) is 48.2. The molecule has 3 heterocycles. The maximum absolute atomic E-state index is 12.4. The first kappa shape index (κ1) is 43.8. The molecule has 0 amide bonds. The Morgan fingerprint density at radius 1 is 0.618 bits per heavy atom. The van der Waals surface area contributed by atoms with E-state index in [1.165, 1.54) is 36.4 Å². The summed E-state index contributed by atoms with van der Waals surface area (Å²) in [5.74, 6) is 0.177. The lowest BCUT2D eigenvalue weighted by Gasteiger charge is -2.28. The van der Waals surface area contributed by atoms with Gasteiger partial charge in [0.2, 0.25) is 11.0 Å². The molecule has 0 saturated heterocycles. The molecule has 0 atom stereocenters. The molecule has 14 nitrogen and oxygen atoms in total. The number of carbonyl (C=O) groups is 1. The van der Waals surface area contributed by atoms with Crippen molar-refractivity contribution in [1.82, 2.24) is 4.58 Å². The molecule has 0 aromatic heterocycles. The molecule has 0 spiro atoms. The Balaban J connectivity index is 1.27. The second-order valence-electron chi connectivity index (χ2n) is 19.1. The van der Waals surface area contributed by atoms with Crippen molar-refractivity contribution in [2.24, 2.45) is 0 Å². The quantitative estimate of drug-likeness (QED) is 0.0676. The van der Waals surface area contributed by atoms with E-state index in [0.29, 0.717) is 58.4 Å². The predicted octanol–water partition coefficient (Wildman–Crippen LogP) is 8.08. The van der Waals surface area contributed by atoms with E-state index in [0.717, 1.165) is 60.1 Å². The highest BCUT2D eigenvalue weighted by atomic mass is 32.2. The van der Waals surface area contributed by atoms with E-state index in [1.807, 2.05) is 24.3 Å². The molecule has 8 aromatic carbocycles. The lowest BCUT2D eigenvalue weighted by molar-refractivity contribution is 0.0696. The van der Waals surface area contributed by atoms with Crippen LogP contribution in [0.5, 0.6) is 11.5 Å². The fraction of sp³-hybridized carbons (Fsp3) is 0.176. The standard InChI is InChI=1S/C51H40N2O12S3/c1-50(2)25-52(24-27-5-7-28(8-6-27)49(54)55)45-39-21-31-17-35(67(59,60)61)13-9-29(31)19-37(39)41-23-42-38-20-30-10-14-36(68(62,63)64)18-32(30)22-40(38)46-44(48(42)65-47(41)43(45)50)51(3,4)26-53(46)33-11-15-34(16-12-33)66(56,57)58/h5-23H,24-26H2,1-4H3,(H3-,54,55,56,57,58,59,60,61,62,63,64)/p+1. The number of hydrogen-bond acceptors (Lipinski definition) is 9. The molecular weight excluding hydrogens is 929 g/mol. The number of ether oxygens (including phenoxy) is 1. The van der Waals surface area contributed by atoms with Crippen LogP contribution in [0.4, 0.5) is 11.4 Å². The third-order valence-electron chi connectivity index (χ3n) is 13.6.